The number of amides is 1. The molecule has 1 amide bonds. The molecule has 170 valence electrons. The van der Waals surface area contributed by atoms with Gasteiger partial charge in [0.1, 0.15) is 11.6 Å². The molecule has 2 aliphatic rings. The summed E-state index contributed by atoms with van der Waals surface area (Å²) in [5.74, 6) is -2.24. The molecule has 1 aromatic carbocycles. The van der Waals surface area contributed by atoms with Crippen LogP contribution in [0.1, 0.15) is 28.6 Å². The predicted octanol–water partition coefficient (Wildman–Crippen LogP) is 1.93. The van der Waals surface area contributed by atoms with Gasteiger partial charge in [-0.1, -0.05) is 12.1 Å². The molecule has 1 aromatic heterocycles. The van der Waals surface area contributed by atoms with Crippen LogP contribution in [-0.2, 0) is 21.4 Å². The van der Waals surface area contributed by atoms with Crippen LogP contribution in [0.4, 0.5) is 4.39 Å². The third-order valence-electron chi connectivity index (χ3n) is 6.21. The van der Waals surface area contributed by atoms with Crippen LogP contribution in [0.25, 0.3) is 5.76 Å². The van der Waals surface area contributed by atoms with Crippen LogP contribution in [0, 0.1) is 19.7 Å². The van der Waals surface area contributed by atoms with Crippen molar-refractivity contribution in [1.82, 2.24) is 19.6 Å². The van der Waals surface area contributed by atoms with E-state index in [0.29, 0.717) is 42.3 Å². The zero-order valence-electron chi connectivity index (χ0n) is 18.5. The lowest BCUT2D eigenvalue weighted by atomic mass is 9.94. The number of hydrogen-bond donors (Lipinski definition) is 1. The molecule has 0 spiro atoms. The van der Waals surface area contributed by atoms with Crippen molar-refractivity contribution in [3.05, 3.63) is 58.2 Å². The lowest BCUT2D eigenvalue weighted by Crippen LogP contribution is -2.42. The highest BCUT2D eigenvalue weighted by atomic mass is 19.1. The first-order valence-electron chi connectivity index (χ1n) is 10.6. The quantitative estimate of drug-likeness (QED) is 0.433. The van der Waals surface area contributed by atoms with Crippen LogP contribution >= 0.6 is 0 Å². The first-order chi connectivity index (χ1) is 15.3. The maximum absolute atomic E-state index is 14.1. The van der Waals surface area contributed by atoms with Crippen LogP contribution in [0.3, 0.4) is 0 Å². The summed E-state index contributed by atoms with van der Waals surface area (Å²) < 4.78 is 21.1. The molecular weight excluding hydrogens is 415 g/mol. The Kier molecular flexibility index (Phi) is 6.12. The molecule has 9 heteroatoms. The van der Waals surface area contributed by atoms with Gasteiger partial charge in [0, 0.05) is 38.9 Å². The molecule has 0 radical (unpaired) electrons. The van der Waals surface area contributed by atoms with Crippen LogP contribution in [-0.4, -0.2) is 75.8 Å². The molecule has 2 aromatic rings. The number of aryl methyl sites for hydroxylation is 2. The molecule has 3 heterocycles. The van der Waals surface area contributed by atoms with E-state index in [4.69, 9.17) is 4.74 Å². The molecule has 1 unspecified atom stereocenters. The highest BCUT2D eigenvalue weighted by Crippen LogP contribution is 2.40. The number of aliphatic hydroxyl groups excluding tert-OH is 1. The van der Waals surface area contributed by atoms with E-state index in [9.17, 15) is 19.1 Å². The van der Waals surface area contributed by atoms with Gasteiger partial charge in [0.25, 0.3) is 11.7 Å². The summed E-state index contributed by atoms with van der Waals surface area (Å²) in [6.07, 6.45) is 0. The molecule has 1 N–H and O–H groups in total. The smallest absolute Gasteiger partial charge is 0.295 e. The van der Waals surface area contributed by atoms with Crippen molar-refractivity contribution < 1.29 is 23.8 Å². The first-order valence-corrected chi connectivity index (χ1v) is 10.6. The number of halogens is 1. The van der Waals surface area contributed by atoms with E-state index >= 15 is 0 Å². The van der Waals surface area contributed by atoms with Gasteiger partial charge in [0.05, 0.1) is 36.1 Å². The van der Waals surface area contributed by atoms with Gasteiger partial charge in [-0.3, -0.25) is 19.2 Å². The minimum Gasteiger partial charge on any atom is -0.507 e. The molecule has 0 bridgehead atoms. The largest absolute Gasteiger partial charge is 0.507 e. The highest BCUT2D eigenvalue weighted by Gasteiger charge is 2.46. The summed E-state index contributed by atoms with van der Waals surface area (Å²) in [4.78, 5) is 29.7. The second-order valence-corrected chi connectivity index (χ2v) is 8.17. The van der Waals surface area contributed by atoms with Crippen molar-refractivity contribution >= 4 is 17.4 Å². The van der Waals surface area contributed by atoms with Crippen LogP contribution < -0.4 is 0 Å². The van der Waals surface area contributed by atoms with Crippen LogP contribution in [0.15, 0.2) is 29.8 Å². The maximum Gasteiger partial charge on any atom is 0.295 e. The average Bonchev–Trinajstić information content (AvgIpc) is 3.18. The fraction of sp³-hybridized carbons (Fsp3) is 0.435. The molecule has 4 rings (SSSR count). The number of carbonyl (C=O) groups is 2. The zero-order chi connectivity index (χ0) is 23.0. The van der Waals surface area contributed by atoms with Crippen LogP contribution in [0.5, 0.6) is 0 Å². The second-order valence-electron chi connectivity index (χ2n) is 8.17. The number of Topliss-reactive ketones (excluding diaryl/α,β-unsaturated/α-hetero) is 1. The standard InChI is InChI=1S/C23H27FN4O4/c1-14-18(15(2)26(3)25-14)21(29)19-20(16-5-4-6-17(24)13-16)28(23(31)22(19)30)8-7-27-9-11-32-12-10-27/h4-6,13,20,29H,7-12H2,1-3H3. The molecule has 32 heavy (non-hydrogen) atoms. The lowest BCUT2D eigenvalue weighted by Gasteiger charge is -2.31. The number of ether oxygens (including phenoxy) is 1. The highest BCUT2D eigenvalue weighted by molar-refractivity contribution is 6.46. The topological polar surface area (TPSA) is 87.9 Å². The number of aliphatic hydroxyl groups is 1. The van der Waals surface area contributed by atoms with E-state index in [-0.39, 0.29) is 17.9 Å². The Bertz CT molecular complexity index is 1090. The van der Waals surface area contributed by atoms with Crippen molar-refractivity contribution in [2.75, 3.05) is 39.4 Å². The predicted molar refractivity (Wildman–Crippen MR) is 115 cm³/mol. The van der Waals surface area contributed by atoms with Gasteiger partial charge in [0.2, 0.25) is 0 Å². The van der Waals surface area contributed by atoms with Crippen molar-refractivity contribution in [2.24, 2.45) is 7.05 Å². The zero-order valence-corrected chi connectivity index (χ0v) is 18.5. The van der Waals surface area contributed by atoms with Gasteiger partial charge in [-0.25, -0.2) is 4.39 Å². The van der Waals surface area contributed by atoms with E-state index in [2.05, 4.69) is 10.00 Å². The molecule has 2 aliphatic heterocycles. The van der Waals surface area contributed by atoms with Crippen LogP contribution in [0.2, 0.25) is 0 Å². The number of aromatic nitrogens is 2. The summed E-state index contributed by atoms with van der Waals surface area (Å²) in [6, 6.07) is 4.92. The monoisotopic (exact) mass is 442 g/mol. The lowest BCUT2D eigenvalue weighted by molar-refractivity contribution is -0.140. The Balaban J connectivity index is 1.79. The Morgan fingerprint density at radius 2 is 1.94 bits per heavy atom. The van der Waals surface area contributed by atoms with Gasteiger partial charge in [-0.15, -0.1) is 0 Å². The molecule has 2 saturated heterocycles. The fourth-order valence-corrected chi connectivity index (χ4v) is 4.46. The Hall–Kier alpha value is -3.04. The summed E-state index contributed by atoms with van der Waals surface area (Å²) >= 11 is 0. The molecule has 8 nitrogen and oxygen atoms in total. The van der Waals surface area contributed by atoms with E-state index in [1.807, 2.05) is 0 Å². The van der Waals surface area contributed by atoms with E-state index < -0.39 is 23.5 Å². The number of carbonyl (C=O) groups excluding carboxylic acids is 2. The minimum absolute atomic E-state index is 0.0400. The van der Waals surface area contributed by atoms with Crippen molar-refractivity contribution in [1.29, 1.82) is 0 Å². The van der Waals surface area contributed by atoms with Gasteiger partial charge < -0.3 is 14.7 Å². The average molecular weight is 442 g/mol. The van der Waals surface area contributed by atoms with Gasteiger partial charge >= 0.3 is 0 Å². The third-order valence-corrected chi connectivity index (χ3v) is 6.21. The van der Waals surface area contributed by atoms with Crippen molar-refractivity contribution in [3.8, 4) is 0 Å². The number of benzene rings is 1. The maximum atomic E-state index is 14.1. The Labute approximate surface area is 185 Å². The van der Waals surface area contributed by atoms with Gasteiger partial charge in [-0.05, 0) is 31.5 Å². The Morgan fingerprint density at radius 1 is 1.22 bits per heavy atom. The van der Waals surface area contributed by atoms with Gasteiger partial charge in [0.15, 0.2) is 0 Å². The number of ketones is 1. The molecule has 0 aliphatic carbocycles. The molecule has 0 saturated carbocycles. The molecule has 1 atom stereocenters. The minimum atomic E-state index is -0.884. The SMILES string of the molecule is Cc1nn(C)c(C)c1C(O)=C1C(=O)C(=O)N(CCN2CCOCC2)C1c1cccc(F)c1. The number of hydrogen-bond acceptors (Lipinski definition) is 6. The van der Waals surface area contributed by atoms with Crippen molar-refractivity contribution in [2.45, 2.75) is 19.9 Å². The summed E-state index contributed by atoms with van der Waals surface area (Å²) in [6.45, 7) is 7.04. The third kappa shape index (κ3) is 3.93. The number of morpholine rings is 1. The number of likely N-dealkylation sites (tertiary alicyclic amines) is 1. The number of nitrogens with zero attached hydrogens (tertiary/aromatic N) is 4. The summed E-state index contributed by atoms with van der Waals surface area (Å²) in [5.41, 5.74) is 2.02. The van der Waals surface area contributed by atoms with Gasteiger partial charge in [-0.2, -0.15) is 5.10 Å². The van der Waals surface area contributed by atoms with Crippen molar-refractivity contribution in [3.63, 3.8) is 0 Å². The second kappa shape index (κ2) is 8.84. The Morgan fingerprint density at radius 3 is 2.56 bits per heavy atom. The van der Waals surface area contributed by atoms with E-state index in [1.54, 1.807) is 31.6 Å². The summed E-state index contributed by atoms with van der Waals surface area (Å²) in [7, 11) is 1.74. The fourth-order valence-electron chi connectivity index (χ4n) is 4.46. The normalized spacial score (nSPS) is 21.5. The summed E-state index contributed by atoms with van der Waals surface area (Å²) in [5, 5.41) is 15.5. The first kappa shape index (κ1) is 22.2. The molecule has 2 fully saturated rings. The number of rotatable bonds is 5. The van der Waals surface area contributed by atoms with E-state index in [0.717, 1.165) is 13.1 Å². The molecular formula is C23H27FN4O4. The van der Waals surface area contributed by atoms with E-state index in [1.165, 1.54) is 23.1 Å².